The maximum absolute atomic E-state index is 3.76. The molecular weight excluding hydrogens is 208 g/mol. The van der Waals surface area contributed by atoms with Crippen molar-refractivity contribution in [1.82, 2.24) is 10.2 Å². The van der Waals surface area contributed by atoms with Crippen LogP contribution in [-0.2, 0) is 6.42 Å². The minimum Gasteiger partial charge on any atom is -0.313 e. The first kappa shape index (κ1) is 11.2. The zero-order valence-electron chi connectivity index (χ0n) is 10.7. The van der Waals surface area contributed by atoms with Crippen molar-refractivity contribution in [3.8, 4) is 0 Å². The number of fused-ring (bicyclic) bond motifs is 1. The topological polar surface area (TPSA) is 15.3 Å². The van der Waals surface area contributed by atoms with Crippen molar-refractivity contribution in [3.63, 3.8) is 0 Å². The van der Waals surface area contributed by atoms with E-state index >= 15 is 0 Å². The molecule has 1 heterocycles. The van der Waals surface area contributed by atoms with Crippen LogP contribution in [0, 0.1) is 0 Å². The number of hydrogen-bond acceptors (Lipinski definition) is 2. The lowest BCUT2D eigenvalue weighted by molar-refractivity contribution is 0.232. The highest BCUT2D eigenvalue weighted by molar-refractivity contribution is 5.40. The summed E-state index contributed by atoms with van der Waals surface area (Å²) in [7, 11) is 2.22. The van der Waals surface area contributed by atoms with E-state index in [9.17, 15) is 0 Å². The molecule has 1 aliphatic heterocycles. The first-order valence-electron chi connectivity index (χ1n) is 6.82. The number of likely N-dealkylation sites (tertiary alicyclic amines) is 1. The lowest BCUT2D eigenvalue weighted by atomic mass is 9.77. The average Bonchev–Trinajstić information content (AvgIpc) is 2.33. The average molecular weight is 230 g/mol. The minimum atomic E-state index is 0.749. The maximum Gasteiger partial charge on any atom is 0.00916 e. The molecule has 2 aliphatic rings. The summed E-state index contributed by atoms with van der Waals surface area (Å²) in [6.45, 7) is 3.67. The van der Waals surface area contributed by atoms with Gasteiger partial charge in [0.05, 0.1) is 0 Å². The smallest absolute Gasteiger partial charge is 0.00916 e. The summed E-state index contributed by atoms with van der Waals surface area (Å²) in [5.74, 6) is 0.769. The molecule has 1 fully saturated rings. The Bertz CT molecular complexity index is 380. The summed E-state index contributed by atoms with van der Waals surface area (Å²) < 4.78 is 0. The largest absolute Gasteiger partial charge is 0.313 e. The first-order valence-corrected chi connectivity index (χ1v) is 6.82. The Balaban J connectivity index is 1.47. The van der Waals surface area contributed by atoms with E-state index in [0.717, 1.165) is 12.0 Å². The third kappa shape index (κ3) is 2.38. The molecular formula is C15H22N2. The highest BCUT2D eigenvalue weighted by Crippen LogP contribution is 2.34. The molecule has 1 unspecified atom stereocenters. The van der Waals surface area contributed by atoms with Crippen molar-refractivity contribution in [3.05, 3.63) is 35.4 Å². The number of piperidine rings is 1. The van der Waals surface area contributed by atoms with Gasteiger partial charge < -0.3 is 10.2 Å². The lowest BCUT2D eigenvalue weighted by Gasteiger charge is -2.34. The molecule has 1 aromatic carbocycles. The van der Waals surface area contributed by atoms with Crippen LogP contribution in [0.2, 0.25) is 0 Å². The number of rotatable bonds is 3. The minimum absolute atomic E-state index is 0.749. The van der Waals surface area contributed by atoms with Crippen molar-refractivity contribution in [2.75, 3.05) is 26.7 Å². The highest BCUT2D eigenvalue weighted by Gasteiger charge is 2.26. The standard InChI is InChI=1S/C15H22N2/c1-17-8-6-14(7-9-17)16-11-13-10-12-4-2-3-5-15(12)13/h2-5,13-14,16H,6-11H2,1H3. The van der Waals surface area contributed by atoms with Crippen LogP contribution < -0.4 is 5.32 Å². The molecule has 0 amide bonds. The third-order valence-corrected chi connectivity index (χ3v) is 4.33. The van der Waals surface area contributed by atoms with Crippen molar-refractivity contribution in [2.45, 2.75) is 31.2 Å². The Labute approximate surface area is 104 Å². The Morgan fingerprint density at radius 2 is 2.00 bits per heavy atom. The van der Waals surface area contributed by atoms with E-state index in [2.05, 4.69) is 41.5 Å². The van der Waals surface area contributed by atoms with Crippen LogP contribution in [0.15, 0.2) is 24.3 Å². The molecule has 1 N–H and O–H groups in total. The van der Waals surface area contributed by atoms with E-state index in [1.807, 2.05) is 0 Å². The molecule has 0 bridgehead atoms. The fraction of sp³-hybridized carbons (Fsp3) is 0.600. The summed E-state index contributed by atoms with van der Waals surface area (Å²) >= 11 is 0. The van der Waals surface area contributed by atoms with Gasteiger partial charge in [0.2, 0.25) is 0 Å². The molecule has 2 nitrogen and oxygen atoms in total. The molecule has 1 saturated heterocycles. The van der Waals surface area contributed by atoms with Crippen molar-refractivity contribution in [1.29, 1.82) is 0 Å². The molecule has 0 spiro atoms. The fourth-order valence-electron chi connectivity index (χ4n) is 3.07. The zero-order chi connectivity index (χ0) is 11.7. The lowest BCUT2D eigenvalue weighted by Crippen LogP contribution is -2.43. The Morgan fingerprint density at radius 3 is 2.76 bits per heavy atom. The van der Waals surface area contributed by atoms with E-state index in [-0.39, 0.29) is 0 Å². The van der Waals surface area contributed by atoms with Crippen LogP contribution in [0.25, 0.3) is 0 Å². The first-order chi connectivity index (χ1) is 8.33. The van der Waals surface area contributed by atoms with Gasteiger partial charge in [-0.25, -0.2) is 0 Å². The van der Waals surface area contributed by atoms with Gasteiger partial charge in [0, 0.05) is 18.5 Å². The maximum atomic E-state index is 3.76. The summed E-state index contributed by atoms with van der Waals surface area (Å²) in [6, 6.07) is 9.63. The molecule has 1 atom stereocenters. The fourth-order valence-corrected chi connectivity index (χ4v) is 3.07. The second-order valence-corrected chi connectivity index (χ2v) is 5.59. The van der Waals surface area contributed by atoms with Crippen LogP contribution in [0.5, 0.6) is 0 Å². The second-order valence-electron chi connectivity index (χ2n) is 5.59. The van der Waals surface area contributed by atoms with Gasteiger partial charge in [-0.15, -0.1) is 0 Å². The molecule has 1 aliphatic carbocycles. The zero-order valence-corrected chi connectivity index (χ0v) is 10.7. The molecule has 3 rings (SSSR count). The quantitative estimate of drug-likeness (QED) is 0.854. The van der Waals surface area contributed by atoms with Gasteiger partial charge in [-0.05, 0) is 50.5 Å². The molecule has 0 radical (unpaired) electrons. The van der Waals surface area contributed by atoms with Crippen LogP contribution in [0.1, 0.15) is 29.9 Å². The van der Waals surface area contributed by atoms with E-state index in [1.165, 1.54) is 38.9 Å². The van der Waals surface area contributed by atoms with E-state index in [4.69, 9.17) is 0 Å². The molecule has 0 saturated carbocycles. The van der Waals surface area contributed by atoms with Crippen molar-refractivity contribution >= 4 is 0 Å². The monoisotopic (exact) mass is 230 g/mol. The van der Waals surface area contributed by atoms with Gasteiger partial charge in [-0.1, -0.05) is 24.3 Å². The molecule has 17 heavy (non-hydrogen) atoms. The van der Waals surface area contributed by atoms with Gasteiger partial charge >= 0.3 is 0 Å². The van der Waals surface area contributed by atoms with Crippen LogP contribution in [-0.4, -0.2) is 37.6 Å². The molecule has 1 aromatic rings. The van der Waals surface area contributed by atoms with E-state index < -0.39 is 0 Å². The number of nitrogens with one attached hydrogen (secondary N) is 1. The number of nitrogens with zero attached hydrogens (tertiary/aromatic N) is 1. The molecule has 0 aromatic heterocycles. The predicted molar refractivity (Wildman–Crippen MR) is 71.4 cm³/mol. The third-order valence-electron chi connectivity index (χ3n) is 4.33. The van der Waals surface area contributed by atoms with Gasteiger partial charge in [0.15, 0.2) is 0 Å². The van der Waals surface area contributed by atoms with Gasteiger partial charge in [0.1, 0.15) is 0 Å². The Kier molecular flexibility index (Phi) is 3.17. The van der Waals surface area contributed by atoms with Crippen molar-refractivity contribution < 1.29 is 0 Å². The summed E-state index contributed by atoms with van der Waals surface area (Å²) in [4.78, 5) is 2.43. The Hall–Kier alpha value is -0.860. The van der Waals surface area contributed by atoms with Gasteiger partial charge in [-0.2, -0.15) is 0 Å². The predicted octanol–water partition coefficient (Wildman–Crippen LogP) is 2.01. The van der Waals surface area contributed by atoms with Crippen LogP contribution >= 0.6 is 0 Å². The van der Waals surface area contributed by atoms with E-state index in [1.54, 1.807) is 11.1 Å². The molecule has 92 valence electrons. The van der Waals surface area contributed by atoms with Gasteiger partial charge in [-0.3, -0.25) is 0 Å². The normalized spacial score (nSPS) is 25.4. The summed E-state index contributed by atoms with van der Waals surface area (Å²) in [5, 5.41) is 3.76. The Morgan fingerprint density at radius 1 is 1.24 bits per heavy atom. The van der Waals surface area contributed by atoms with Crippen LogP contribution in [0.4, 0.5) is 0 Å². The number of benzene rings is 1. The van der Waals surface area contributed by atoms with Gasteiger partial charge in [0.25, 0.3) is 0 Å². The SMILES string of the molecule is CN1CCC(NCC2Cc3ccccc32)CC1. The summed E-state index contributed by atoms with van der Waals surface area (Å²) in [5.41, 5.74) is 3.13. The highest BCUT2D eigenvalue weighted by atomic mass is 15.1. The van der Waals surface area contributed by atoms with E-state index in [0.29, 0.717) is 0 Å². The summed E-state index contributed by atoms with van der Waals surface area (Å²) in [6.07, 6.45) is 3.89. The molecule has 2 heteroatoms. The second kappa shape index (κ2) is 4.79. The number of hydrogen-bond donors (Lipinski definition) is 1. The van der Waals surface area contributed by atoms with Crippen LogP contribution in [0.3, 0.4) is 0 Å². The van der Waals surface area contributed by atoms with Crippen molar-refractivity contribution in [2.24, 2.45) is 0 Å².